The fourth-order valence-corrected chi connectivity index (χ4v) is 2.97. The second-order valence-electron chi connectivity index (χ2n) is 4.97. The predicted molar refractivity (Wildman–Crippen MR) is 78.7 cm³/mol. The van der Waals surface area contributed by atoms with Gasteiger partial charge in [0.25, 0.3) is 0 Å². The number of benzene rings is 1. The molecule has 2 atom stereocenters. The molecule has 4 nitrogen and oxygen atoms in total. The molecular weight excluding hydrogens is 315 g/mol. The van der Waals surface area contributed by atoms with Crippen molar-refractivity contribution in [1.29, 1.82) is 0 Å². The van der Waals surface area contributed by atoms with E-state index in [1.165, 1.54) is 19.1 Å². The lowest BCUT2D eigenvalue weighted by molar-refractivity contribution is -0.156. The molecule has 112 valence electrons. The van der Waals surface area contributed by atoms with Crippen molar-refractivity contribution in [2.75, 3.05) is 0 Å². The first kappa shape index (κ1) is 16.0. The molecule has 1 aliphatic rings. The largest absolute Gasteiger partial charge is 0.455 e. The normalized spacial score (nSPS) is 22.0. The van der Waals surface area contributed by atoms with Gasteiger partial charge in [-0.05, 0) is 37.5 Å². The van der Waals surface area contributed by atoms with Gasteiger partial charge >= 0.3 is 5.97 Å². The SMILES string of the molecule is CC(=O)OC1CCCC(C(=O)c2ccc(Cl)cc2Cl)C1=O. The molecule has 1 aromatic carbocycles. The number of hydrogen-bond acceptors (Lipinski definition) is 4. The molecule has 1 aliphatic carbocycles. The molecule has 0 aromatic heterocycles. The number of esters is 1. The Hall–Kier alpha value is -1.39. The fourth-order valence-electron chi connectivity index (χ4n) is 2.47. The lowest BCUT2D eigenvalue weighted by Crippen LogP contribution is -2.39. The Bertz CT molecular complexity index is 597. The minimum absolute atomic E-state index is 0.218. The quantitative estimate of drug-likeness (QED) is 0.484. The van der Waals surface area contributed by atoms with Crippen LogP contribution in [-0.4, -0.2) is 23.6 Å². The Morgan fingerprint density at radius 3 is 2.57 bits per heavy atom. The third kappa shape index (κ3) is 3.63. The van der Waals surface area contributed by atoms with Crippen LogP contribution in [0.3, 0.4) is 0 Å². The fraction of sp³-hybridized carbons (Fsp3) is 0.400. The monoisotopic (exact) mass is 328 g/mol. The number of ether oxygens (including phenoxy) is 1. The van der Waals surface area contributed by atoms with Crippen molar-refractivity contribution in [3.8, 4) is 0 Å². The molecule has 0 N–H and O–H groups in total. The van der Waals surface area contributed by atoms with Gasteiger partial charge in [-0.25, -0.2) is 0 Å². The molecule has 1 fully saturated rings. The van der Waals surface area contributed by atoms with Gasteiger partial charge in [-0.15, -0.1) is 0 Å². The van der Waals surface area contributed by atoms with Crippen LogP contribution in [0.5, 0.6) is 0 Å². The van der Waals surface area contributed by atoms with Crippen molar-refractivity contribution in [2.45, 2.75) is 32.3 Å². The van der Waals surface area contributed by atoms with Gasteiger partial charge in [0, 0.05) is 17.5 Å². The van der Waals surface area contributed by atoms with Gasteiger partial charge in [-0.1, -0.05) is 23.2 Å². The third-order valence-corrected chi connectivity index (χ3v) is 3.99. The molecule has 1 saturated carbocycles. The van der Waals surface area contributed by atoms with Gasteiger partial charge in [0.2, 0.25) is 0 Å². The maximum absolute atomic E-state index is 12.5. The van der Waals surface area contributed by atoms with Crippen LogP contribution in [0, 0.1) is 5.92 Å². The summed E-state index contributed by atoms with van der Waals surface area (Å²) in [6.07, 6.45) is 0.701. The summed E-state index contributed by atoms with van der Waals surface area (Å²) in [6.45, 7) is 1.24. The van der Waals surface area contributed by atoms with Crippen molar-refractivity contribution >= 4 is 40.7 Å². The first-order chi connectivity index (χ1) is 9.90. The summed E-state index contributed by atoms with van der Waals surface area (Å²) in [5.41, 5.74) is 0.267. The smallest absolute Gasteiger partial charge is 0.303 e. The number of ketones is 2. The Kier molecular flexibility index (Phi) is 5.01. The number of rotatable bonds is 3. The van der Waals surface area contributed by atoms with E-state index in [4.69, 9.17) is 27.9 Å². The molecular formula is C15H14Cl2O4. The molecule has 0 bridgehead atoms. The van der Waals surface area contributed by atoms with E-state index in [-0.39, 0.29) is 22.2 Å². The predicted octanol–water partition coefficient (Wildman–Crippen LogP) is 3.48. The van der Waals surface area contributed by atoms with E-state index < -0.39 is 18.0 Å². The number of carbonyl (C=O) groups is 3. The van der Waals surface area contributed by atoms with Crippen LogP contribution in [0.25, 0.3) is 0 Å². The Balaban J connectivity index is 2.21. The summed E-state index contributed by atoms with van der Waals surface area (Å²) < 4.78 is 4.97. The maximum atomic E-state index is 12.5. The van der Waals surface area contributed by atoms with Crippen LogP contribution < -0.4 is 0 Å². The van der Waals surface area contributed by atoms with Crippen LogP contribution in [0.15, 0.2) is 18.2 Å². The number of Topliss-reactive ketones (excluding diaryl/α,β-unsaturated/α-hetero) is 2. The first-order valence-electron chi connectivity index (χ1n) is 6.60. The molecule has 2 unspecified atom stereocenters. The molecule has 2 rings (SSSR count). The standard InChI is InChI=1S/C15H14Cl2O4/c1-8(18)21-13-4-2-3-11(15(13)20)14(19)10-6-5-9(16)7-12(10)17/h5-7,11,13H,2-4H2,1H3. The maximum Gasteiger partial charge on any atom is 0.303 e. The average molecular weight is 329 g/mol. The van der Waals surface area contributed by atoms with Crippen molar-refractivity contribution < 1.29 is 19.1 Å². The topological polar surface area (TPSA) is 60.4 Å². The summed E-state index contributed by atoms with van der Waals surface area (Å²) >= 11 is 11.8. The van der Waals surface area contributed by atoms with E-state index in [1.54, 1.807) is 6.07 Å². The Morgan fingerprint density at radius 2 is 1.95 bits per heavy atom. The number of carbonyl (C=O) groups excluding carboxylic acids is 3. The average Bonchev–Trinajstić information content (AvgIpc) is 2.40. The minimum atomic E-state index is -0.837. The highest BCUT2D eigenvalue weighted by molar-refractivity contribution is 6.37. The van der Waals surface area contributed by atoms with E-state index >= 15 is 0 Å². The molecule has 0 saturated heterocycles. The van der Waals surface area contributed by atoms with Gasteiger partial charge in [0.15, 0.2) is 17.7 Å². The molecule has 0 amide bonds. The van der Waals surface area contributed by atoms with Crippen molar-refractivity contribution in [3.63, 3.8) is 0 Å². The Morgan fingerprint density at radius 1 is 1.24 bits per heavy atom. The van der Waals surface area contributed by atoms with Crippen LogP contribution in [0.1, 0.15) is 36.5 Å². The summed E-state index contributed by atoms with van der Waals surface area (Å²) in [5, 5.41) is 0.638. The molecule has 0 radical (unpaired) electrons. The molecule has 1 aromatic rings. The van der Waals surface area contributed by atoms with Crippen LogP contribution >= 0.6 is 23.2 Å². The minimum Gasteiger partial charge on any atom is -0.455 e. The van der Waals surface area contributed by atoms with Crippen LogP contribution in [-0.2, 0) is 14.3 Å². The zero-order valence-electron chi connectivity index (χ0n) is 11.4. The van der Waals surface area contributed by atoms with E-state index in [0.29, 0.717) is 24.3 Å². The number of halogens is 2. The van der Waals surface area contributed by atoms with E-state index in [9.17, 15) is 14.4 Å². The lowest BCUT2D eigenvalue weighted by Gasteiger charge is -2.26. The van der Waals surface area contributed by atoms with Crippen molar-refractivity contribution in [1.82, 2.24) is 0 Å². The van der Waals surface area contributed by atoms with Crippen LogP contribution in [0.4, 0.5) is 0 Å². The van der Waals surface area contributed by atoms with E-state index in [1.807, 2.05) is 0 Å². The van der Waals surface area contributed by atoms with Gasteiger partial charge in [0.1, 0.15) is 0 Å². The molecule has 6 heteroatoms. The molecule has 0 aliphatic heterocycles. The summed E-state index contributed by atoms with van der Waals surface area (Å²) in [7, 11) is 0. The Labute approximate surface area is 132 Å². The summed E-state index contributed by atoms with van der Waals surface area (Å²) in [6, 6.07) is 4.53. The highest BCUT2D eigenvalue weighted by atomic mass is 35.5. The van der Waals surface area contributed by atoms with Gasteiger partial charge in [-0.3, -0.25) is 14.4 Å². The first-order valence-corrected chi connectivity index (χ1v) is 7.36. The summed E-state index contributed by atoms with van der Waals surface area (Å²) in [4.78, 5) is 35.8. The van der Waals surface area contributed by atoms with E-state index in [0.717, 1.165) is 0 Å². The molecule has 21 heavy (non-hydrogen) atoms. The summed E-state index contributed by atoms with van der Waals surface area (Å²) in [5.74, 6) is -2.04. The molecule has 0 heterocycles. The zero-order valence-corrected chi connectivity index (χ0v) is 12.9. The zero-order chi connectivity index (χ0) is 15.6. The third-order valence-electron chi connectivity index (χ3n) is 3.44. The number of hydrogen-bond donors (Lipinski definition) is 0. The molecule has 0 spiro atoms. The highest BCUT2D eigenvalue weighted by Crippen LogP contribution is 2.30. The van der Waals surface area contributed by atoms with Crippen molar-refractivity contribution in [2.24, 2.45) is 5.92 Å². The highest BCUT2D eigenvalue weighted by Gasteiger charge is 2.38. The van der Waals surface area contributed by atoms with Crippen molar-refractivity contribution in [3.05, 3.63) is 33.8 Å². The van der Waals surface area contributed by atoms with Gasteiger partial charge in [0.05, 0.1) is 10.9 Å². The second kappa shape index (κ2) is 6.58. The van der Waals surface area contributed by atoms with Crippen LogP contribution in [0.2, 0.25) is 10.0 Å². The second-order valence-corrected chi connectivity index (χ2v) is 5.82. The van der Waals surface area contributed by atoms with E-state index in [2.05, 4.69) is 0 Å². The van der Waals surface area contributed by atoms with Gasteiger partial charge in [-0.2, -0.15) is 0 Å². The van der Waals surface area contributed by atoms with Gasteiger partial charge < -0.3 is 4.74 Å². The lowest BCUT2D eigenvalue weighted by atomic mass is 9.81.